The van der Waals surface area contributed by atoms with Crippen LogP contribution in [0.2, 0.25) is 0 Å². The van der Waals surface area contributed by atoms with Crippen LogP contribution in [0.5, 0.6) is 34.5 Å². The first-order valence-corrected chi connectivity index (χ1v) is 31.3. The van der Waals surface area contributed by atoms with Crippen LogP contribution in [0.1, 0.15) is 78.6 Å². The molecule has 0 bridgehead atoms. The molecule has 0 radical (unpaired) electrons. The lowest BCUT2D eigenvalue weighted by Crippen LogP contribution is -2.35. The number of aromatic nitrogens is 6. The summed E-state index contributed by atoms with van der Waals surface area (Å²) >= 11 is 0. The summed E-state index contributed by atoms with van der Waals surface area (Å²) in [5.74, 6) is 6.80. The Kier molecular flexibility index (Phi) is 35.1. The molecule has 2 saturated heterocycles. The van der Waals surface area contributed by atoms with E-state index in [1.807, 2.05) is 43.0 Å². The second-order valence-electron chi connectivity index (χ2n) is 22.2. The smallest absolute Gasteiger partial charge is 0.179 e. The fraction of sp³-hybridized carbons (Fsp3) is 0.455. The predicted octanol–water partition coefficient (Wildman–Crippen LogP) is 6.67. The molecule has 9 rings (SSSR count). The number of likely N-dealkylation sites (tertiary alicyclic amines) is 2. The Labute approximate surface area is 563 Å². The van der Waals surface area contributed by atoms with Crippen molar-refractivity contribution < 1.29 is 28.4 Å². The molecule has 3 atom stereocenters. The van der Waals surface area contributed by atoms with Gasteiger partial charge in [0.1, 0.15) is 101 Å². The van der Waals surface area contributed by atoms with Crippen molar-refractivity contribution in [3.8, 4) is 71.7 Å². The van der Waals surface area contributed by atoms with Gasteiger partial charge < -0.3 is 92.2 Å². The second-order valence-corrected chi connectivity index (χ2v) is 22.2. The van der Waals surface area contributed by atoms with Gasteiger partial charge in [-0.2, -0.15) is 31.6 Å². The number of pyridine rings is 6. The minimum atomic E-state index is -0.0727. The predicted molar refractivity (Wildman–Crippen MR) is 363 cm³/mol. The molecule has 30 heteroatoms. The third-order valence-corrected chi connectivity index (χ3v) is 14.3. The summed E-state index contributed by atoms with van der Waals surface area (Å²) in [6.07, 6.45) is 32.2. The van der Waals surface area contributed by atoms with Crippen molar-refractivity contribution in [2.45, 2.75) is 109 Å². The minimum absolute atomic E-state index is 0.0727. The first-order chi connectivity index (χ1) is 46.3. The highest BCUT2D eigenvalue weighted by Crippen LogP contribution is 2.24. The molecule has 8 heterocycles. The summed E-state index contributed by atoms with van der Waals surface area (Å²) in [5, 5.41) is 52.7. The number of hydrogen-bond acceptors (Lipinski definition) is 30. The van der Waals surface area contributed by atoms with Gasteiger partial charge in [-0.1, -0.05) is 19.3 Å². The summed E-state index contributed by atoms with van der Waals surface area (Å²) < 4.78 is 33.2. The summed E-state index contributed by atoms with van der Waals surface area (Å²) in [6.45, 7) is 12.4. The first-order valence-electron chi connectivity index (χ1n) is 31.3. The number of nitrogens with two attached hydrogens (primary N) is 6. The molecule has 6 aromatic rings. The molecule has 510 valence electrons. The monoisotopic (exact) mass is 1310 g/mol. The molecular formula is C66H90N24O6. The minimum Gasteiger partial charge on any atom is -0.493 e. The highest BCUT2D eigenvalue weighted by Gasteiger charge is 2.24. The van der Waals surface area contributed by atoms with Crippen LogP contribution in [0.15, 0.2) is 110 Å². The van der Waals surface area contributed by atoms with Gasteiger partial charge in [0.05, 0.1) is 39.3 Å². The van der Waals surface area contributed by atoms with Crippen LogP contribution < -0.4 is 62.8 Å². The quantitative estimate of drug-likeness (QED) is 0.0272. The summed E-state index contributed by atoms with van der Waals surface area (Å²) in [7, 11) is 3.41. The Morgan fingerprint density at radius 2 is 0.938 bits per heavy atom. The lowest BCUT2D eigenvalue weighted by Gasteiger charge is -2.29. The Morgan fingerprint density at radius 3 is 1.38 bits per heavy atom. The van der Waals surface area contributed by atoms with E-state index in [-0.39, 0.29) is 18.2 Å². The molecule has 6 aromatic heterocycles. The van der Waals surface area contributed by atoms with Crippen LogP contribution in [0.25, 0.3) is 0 Å². The van der Waals surface area contributed by atoms with E-state index < -0.39 is 0 Å². The number of nitrogens with zero attached hydrogens (tertiary/aromatic N) is 18. The first kappa shape index (κ1) is 76.7. The zero-order valence-corrected chi connectivity index (χ0v) is 55.4. The molecule has 2 aliphatic heterocycles. The maximum Gasteiger partial charge on any atom is 0.179 e. The van der Waals surface area contributed by atoms with E-state index in [0.29, 0.717) is 135 Å². The number of anilines is 6. The largest absolute Gasteiger partial charge is 0.493 e. The van der Waals surface area contributed by atoms with Crippen LogP contribution in [-0.4, -0.2) is 176 Å². The molecule has 12 N–H and O–H groups in total. The molecule has 3 unspecified atom stereocenters. The van der Waals surface area contributed by atoms with Gasteiger partial charge in [0.2, 0.25) is 0 Å². The SMILES string of the molecule is CC(C)N(C#N)CCOc1ccnc(N)c1.CC(CN(C)C#N)Oc1ccnc(N)c1.CN(C#N)CCOc1ccnc(N)c1.N#CN(CCOc1ccnc(N)c1)C1CCCCC1.N#CN1CCC(Oc2ccnc(N)c2)C1.N#CN1CCCC1CCOc1ccnc(N)c1. The number of nitrogen functional groups attached to an aromatic ring is 6. The van der Waals surface area contributed by atoms with Crippen molar-refractivity contribution in [3.63, 3.8) is 0 Å². The summed E-state index contributed by atoms with van der Waals surface area (Å²) in [6, 6.07) is 21.5. The zero-order valence-electron chi connectivity index (χ0n) is 55.4. The standard InChI is InChI=1S/C14H20N4O.C12H16N4O.C11H16N4O.C10H12N4O.C10H14N4O.C9H12N4O/c15-11-18(12-4-2-1-3-5-12)8-9-19-13-6-7-17-14(16)10-13;13-9-16-6-1-2-10(16)4-7-17-11-3-5-15-12(14)8-11;1-9(2)15(8-12)5-6-16-10-3-4-14-11(13)7-10;11-7-14-4-2-9(6-14)15-8-1-3-13-10(12)5-8;1-8(6-14(2)7-11)15-9-3-4-13-10(12)5-9;1-13(7-10)4-5-14-8-2-3-12-9(11)6-8/h6-7,10,12H,1-5,8-9H2,(H2,16,17);3,5,8,10H,1-2,4,6-7H2,(H2,14,15);3-4,7,9H,5-6H2,1-2H3,(H2,13,14);1,3,5,9H,2,4,6H2,(H2,12,13);3-5,8H,6H2,1-2H3,(H2,12,13);2-3,6H,4-5H2,1H3,(H2,11,12). The second kappa shape index (κ2) is 43.9. The average Bonchev–Trinajstić information content (AvgIpc) is 2.17. The van der Waals surface area contributed by atoms with E-state index in [4.69, 9.17) is 89.1 Å². The third kappa shape index (κ3) is 31.5. The van der Waals surface area contributed by atoms with Crippen LogP contribution in [0.3, 0.4) is 0 Å². The van der Waals surface area contributed by atoms with Crippen molar-refractivity contribution >= 4 is 34.9 Å². The number of ether oxygens (including phenoxy) is 6. The van der Waals surface area contributed by atoms with Gasteiger partial charge in [-0.05, 0) is 82.9 Å². The average molecular weight is 1320 g/mol. The molecule has 1 aliphatic carbocycles. The molecule has 0 spiro atoms. The molecule has 0 aromatic carbocycles. The van der Waals surface area contributed by atoms with Gasteiger partial charge in [0, 0.05) is 132 Å². The maximum atomic E-state index is 9.21. The number of nitriles is 6. The van der Waals surface area contributed by atoms with Gasteiger partial charge in [0.15, 0.2) is 37.2 Å². The molecule has 0 amide bonds. The lowest BCUT2D eigenvalue weighted by atomic mass is 9.94. The van der Waals surface area contributed by atoms with Crippen molar-refractivity contribution in [2.75, 3.05) is 121 Å². The van der Waals surface area contributed by atoms with Crippen molar-refractivity contribution in [1.82, 2.24) is 59.3 Å². The molecule has 3 aliphatic rings. The van der Waals surface area contributed by atoms with E-state index in [0.717, 1.165) is 57.4 Å². The highest BCUT2D eigenvalue weighted by molar-refractivity contribution is 5.39. The third-order valence-electron chi connectivity index (χ3n) is 14.3. The Hall–Kier alpha value is -11.8. The van der Waals surface area contributed by atoms with Gasteiger partial charge in [0.25, 0.3) is 0 Å². The van der Waals surface area contributed by atoms with Crippen LogP contribution >= 0.6 is 0 Å². The highest BCUT2D eigenvalue weighted by atomic mass is 16.5. The van der Waals surface area contributed by atoms with Gasteiger partial charge in [-0.15, -0.1) is 0 Å². The molecule has 3 fully saturated rings. The molecule has 30 nitrogen and oxygen atoms in total. The van der Waals surface area contributed by atoms with Gasteiger partial charge in [-0.25, -0.2) is 29.9 Å². The van der Waals surface area contributed by atoms with Gasteiger partial charge >= 0.3 is 0 Å². The Morgan fingerprint density at radius 1 is 0.490 bits per heavy atom. The van der Waals surface area contributed by atoms with E-state index in [2.05, 4.69) is 54.7 Å². The number of hydrogen-bond donors (Lipinski definition) is 6. The van der Waals surface area contributed by atoms with Crippen LogP contribution in [-0.2, 0) is 0 Å². The normalized spacial score (nSPS) is 14.4. The van der Waals surface area contributed by atoms with Crippen LogP contribution in [0, 0.1) is 68.7 Å². The van der Waals surface area contributed by atoms with Crippen molar-refractivity contribution in [2.24, 2.45) is 0 Å². The van der Waals surface area contributed by atoms with Crippen LogP contribution in [0.4, 0.5) is 34.9 Å². The van der Waals surface area contributed by atoms with Crippen molar-refractivity contribution in [1.29, 1.82) is 31.6 Å². The van der Waals surface area contributed by atoms with Gasteiger partial charge in [-0.3, -0.25) is 0 Å². The number of likely N-dealkylation sites (N-methyl/N-ethyl adjacent to an activating group) is 2. The molecule has 1 saturated carbocycles. The lowest BCUT2D eigenvalue weighted by molar-refractivity contribution is 0.188. The van der Waals surface area contributed by atoms with E-state index in [9.17, 15) is 5.26 Å². The fourth-order valence-corrected chi connectivity index (χ4v) is 9.46. The van der Waals surface area contributed by atoms with Crippen molar-refractivity contribution in [3.05, 3.63) is 110 Å². The van der Waals surface area contributed by atoms with E-state index >= 15 is 0 Å². The zero-order chi connectivity index (χ0) is 69.9. The maximum absolute atomic E-state index is 9.21. The number of rotatable bonds is 24. The molecular weight excluding hydrogens is 1220 g/mol. The van der Waals surface area contributed by atoms with E-state index in [1.165, 1.54) is 29.1 Å². The summed E-state index contributed by atoms with van der Waals surface area (Å²) in [5.41, 5.74) is 33.1. The summed E-state index contributed by atoms with van der Waals surface area (Å²) in [4.78, 5) is 33.3. The fourth-order valence-electron chi connectivity index (χ4n) is 9.46. The Bertz CT molecular complexity index is 3470. The Balaban J connectivity index is 0.000000246. The molecule has 96 heavy (non-hydrogen) atoms. The topological polar surface area (TPSA) is 451 Å². The van der Waals surface area contributed by atoms with E-state index in [1.54, 1.807) is 134 Å².